The normalized spacial score (nSPS) is 13.4. The number of benzene rings is 1. The Hall–Kier alpha value is -2.50. The van der Waals surface area contributed by atoms with Gasteiger partial charge in [-0.3, -0.25) is 0 Å². The van der Waals surface area contributed by atoms with Crippen molar-refractivity contribution in [1.82, 2.24) is 9.97 Å². The highest BCUT2D eigenvalue weighted by molar-refractivity contribution is 5.45. The Morgan fingerprint density at radius 3 is 2.86 bits per heavy atom. The molecule has 0 aliphatic carbocycles. The summed E-state index contributed by atoms with van der Waals surface area (Å²) in [6.45, 7) is 2.02. The molecule has 0 fully saturated rings. The van der Waals surface area contributed by atoms with E-state index in [0.717, 1.165) is 23.5 Å². The first kappa shape index (κ1) is 13.5. The average Bonchev–Trinajstić information content (AvgIpc) is 2.78. The molecule has 6 nitrogen and oxygen atoms in total. The van der Waals surface area contributed by atoms with Gasteiger partial charge in [0.25, 0.3) is 0 Å². The topological polar surface area (TPSA) is 65.5 Å². The number of nitrogens with zero attached hydrogens (tertiary/aromatic N) is 2. The maximum atomic E-state index is 5.68. The first-order chi connectivity index (χ1) is 10.3. The number of methoxy groups -OCH3 is 1. The van der Waals surface area contributed by atoms with Gasteiger partial charge in [-0.05, 0) is 17.7 Å². The number of nitrogens with one attached hydrogen (secondary N) is 1. The van der Waals surface area contributed by atoms with Gasteiger partial charge in [0.05, 0.1) is 20.3 Å². The summed E-state index contributed by atoms with van der Waals surface area (Å²) in [6, 6.07) is 7.70. The SMILES string of the molecule is COc1cc(NCc2ccc3c(c2)OCCCO3)ncn1. The minimum Gasteiger partial charge on any atom is -0.490 e. The van der Waals surface area contributed by atoms with Crippen molar-refractivity contribution in [1.29, 1.82) is 0 Å². The molecule has 110 valence electrons. The fourth-order valence-electron chi connectivity index (χ4n) is 2.06. The summed E-state index contributed by atoms with van der Waals surface area (Å²) < 4.78 is 16.4. The minimum absolute atomic E-state index is 0.533. The molecule has 21 heavy (non-hydrogen) atoms. The third-order valence-corrected chi connectivity index (χ3v) is 3.14. The highest BCUT2D eigenvalue weighted by Crippen LogP contribution is 2.30. The van der Waals surface area contributed by atoms with Crippen molar-refractivity contribution < 1.29 is 14.2 Å². The highest BCUT2D eigenvalue weighted by atomic mass is 16.5. The molecule has 2 aromatic rings. The van der Waals surface area contributed by atoms with Crippen LogP contribution in [0.2, 0.25) is 0 Å². The third-order valence-electron chi connectivity index (χ3n) is 3.14. The smallest absolute Gasteiger partial charge is 0.218 e. The van der Waals surface area contributed by atoms with Crippen molar-refractivity contribution >= 4 is 5.82 Å². The van der Waals surface area contributed by atoms with Gasteiger partial charge in [0, 0.05) is 19.0 Å². The first-order valence-electron chi connectivity index (χ1n) is 6.83. The van der Waals surface area contributed by atoms with E-state index in [2.05, 4.69) is 15.3 Å². The summed E-state index contributed by atoms with van der Waals surface area (Å²) in [5, 5.41) is 3.23. The Bertz CT molecular complexity index is 619. The molecule has 0 saturated carbocycles. The van der Waals surface area contributed by atoms with Crippen LogP contribution in [0.25, 0.3) is 0 Å². The van der Waals surface area contributed by atoms with Crippen LogP contribution in [0.15, 0.2) is 30.6 Å². The number of hydrogen-bond acceptors (Lipinski definition) is 6. The van der Waals surface area contributed by atoms with Crippen LogP contribution < -0.4 is 19.5 Å². The lowest BCUT2D eigenvalue weighted by molar-refractivity contribution is 0.297. The van der Waals surface area contributed by atoms with Gasteiger partial charge in [-0.2, -0.15) is 0 Å². The van der Waals surface area contributed by atoms with E-state index in [1.54, 1.807) is 13.2 Å². The summed E-state index contributed by atoms with van der Waals surface area (Å²) in [5.41, 5.74) is 1.09. The summed E-state index contributed by atoms with van der Waals surface area (Å²) in [5.74, 6) is 2.85. The zero-order valence-electron chi connectivity index (χ0n) is 11.8. The van der Waals surface area contributed by atoms with Crippen LogP contribution in [0.3, 0.4) is 0 Å². The van der Waals surface area contributed by atoms with Crippen LogP contribution in [0.1, 0.15) is 12.0 Å². The van der Waals surface area contributed by atoms with Crippen molar-refractivity contribution in [3.63, 3.8) is 0 Å². The van der Waals surface area contributed by atoms with E-state index < -0.39 is 0 Å². The molecule has 3 rings (SSSR count). The Morgan fingerprint density at radius 2 is 2.00 bits per heavy atom. The number of fused-ring (bicyclic) bond motifs is 1. The molecule has 1 aromatic heterocycles. The van der Waals surface area contributed by atoms with Crippen LogP contribution in [-0.4, -0.2) is 30.3 Å². The predicted octanol–water partition coefficient (Wildman–Crippen LogP) is 2.26. The number of hydrogen-bond donors (Lipinski definition) is 1. The average molecular weight is 287 g/mol. The van der Waals surface area contributed by atoms with E-state index in [-0.39, 0.29) is 0 Å². The lowest BCUT2D eigenvalue weighted by Gasteiger charge is -2.10. The van der Waals surface area contributed by atoms with E-state index >= 15 is 0 Å². The molecular weight excluding hydrogens is 270 g/mol. The zero-order valence-corrected chi connectivity index (χ0v) is 11.8. The van der Waals surface area contributed by atoms with Gasteiger partial charge in [-0.25, -0.2) is 9.97 Å². The van der Waals surface area contributed by atoms with Gasteiger partial charge < -0.3 is 19.5 Å². The van der Waals surface area contributed by atoms with Crippen LogP contribution in [0, 0.1) is 0 Å². The van der Waals surface area contributed by atoms with E-state index in [4.69, 9.17) is 14.2 Å². The Labute approximate surface area is 123 Å². The summed E-state index contributed by atoms with van der Waals surface area (Å²) in [6.07, 6.45) is 2.37. The zero-order chi connectivity index (χ0) is 14.5. The van der Waals surface area contributed by atoms with Gasteiger partial charge in [0.1, 0.15) is 12.1 Å². The lowest BCUT2D eigenvalue weighted by atomic mass is 10.2. The Balaban J connectivity index is 1.69. The summed E-state index contributed by atoms with van der Waals surface area (Å²) in [4.78, 5) is 8.12. The van der Waals surface area contributed by atoms with Crippen LogP contribution in [0.5, 0.6) is 17.4 Å². The van der Waals surface area contributed by atoms with Gasteiger partial charge in [0.2, 0.25) is 5.88 Å². The molecule has 2 heterocycles. The molecule has 1 aromatic carbocycles. The molecule has 6 heteroatoms. The van der Waals surface area contributed by atoms with Gasteiger partial charge in [-0.15, -0.1) is 0 Å². The second-order valence-corrected chi connectivity index (χ2v) is 4.63. The van der Waals surface area contributed by atoms with Gasteiger partial charge in [-0.1, -0.05) is 6.07 Å². The van der Waals surface area contributed by atoms with E-state index in [0.29, 0.717) is 31.5 Å². The molecular formula is C15H17N3O3. The van der Waals surface area contributed by atoms with E-state index in [9.17, 15) is 0 Å². The number of aromatic nitrogens is 2. The molecule has 1 aliphatic heterocycles. The van der Waals surface area contributed by atoms with Crippen molar-refractivity contribution in [2.24, 2.45) is 0 Å². The maximum absolute atomic E-state index is 5.68. The van der Waals surface area contributed by atoms with Crippen LogP contribution in [0.4, 0.5) is 5.82 Å². The second kappa shape index (κ2) is 6.30. The van der Waals surface area contributed by atoms with E-state index in [1.165, 1.54) is 6.33 Å². The summed E-state index contributed by atoms with van der Waals surface area (Å²) in [7, 11) is 1.58. The fourth-order valence-corrected chi connectivity index (χ4v) is 2.06. The highest BCUT2D eigenvalue weighted by Gasteiger charge is 2.10. The predicted molar refractivity (Wildman–Crippen MR) is 78.0 cm³/mol. The molecule has 0 saturated heterocycles. The Morgan fingerprint density at radius 1 is 1.14 bits per heavy atom. The van der Waals surface area contributed by atoms with Crippen molar-refractivity contribution in [2.45, 2.75) is 13.0 Å². The fraction of sp³-hybridized carbons (Fsp3) is 0.333. The second-order valence-electron chi connectivity index (χ2n) is 4.63. The molecule has 0 radical (unpaired) electrons. The van der Waals surface area contributed by atoms with Crippen LogP contribution >= 0.6 is 0 Å². The standard InChI is InChI=1S/C15H17N3O3/c1-19-15-8-14(17-10-18-15)16-9-11-3-4-12-13(7-11)21-6-2-5-20-12/h3-4,7-8,10H,2,5-6,9H2,1H3,(H,16,17,18). The van der Waals surface area contributed by atoms with Crippen molar-refractivity contribution in [3.8, 4) is 17.4 Å². The largest absolute Gasteiger partial charge is 0.490 e. The quantitative estimate of drug-likeness (QED) is 0.930. The summed E-state index contributed by atoms with van der Waals surface area (Å²) >= 11 is 0. The molecule has 0 bridgehead atoms. The van der Waals surface area contributed by atoms with Gasteiger partial charge in [0.15, 0.2) is 11.5 Å². The lowest BCUT2D eigenvalue weighted by Crippen LogP contribution is -2.03. The van der Waals surface area contributed by atoms with Crippen molar-refractivity contribution in [2.75, 3.05) is 25.6 Å². The number of anilines is 1. The third kappa shape index (κ3) is 3.34. The minimum atomic E-state index is 0.533. The number of ether oxygens (including phenoxy) is 3. The van der Waals surface area contributed by atoms with Crippen LogP contribution in [-0.2, 0) is 6.54 Å². The number of rotatable bonds is 4. The Kier molecular flexibility index (Phi) is 4.04. The van der Waals surface area contributed by atoms with Gasteiger partial charge >= 0.3 is 0 Å². The molecule has 0 amide bonds. The molecule has 1 N–H and O–H groups in total. The van der Waals surface area contributed by atoms with Crippen molar-refractivity contribution in [3.05, 3.63) is 36.2 Å². The maximum Gasteiger partial charge on any atom is 0.218 e. The molecule has 0 spiro atoms. The molecule has 1 aliphatic rings. The molecule has 0 atom stereocenters. The molecule has 0 unspecified atom stereocenters. The first-order valence-corrected chi connectivity index (χ1v) is 6.83. The monoisotopic (exact) mass is 287 g/mol. The van der Waals surface area contributed by atoms with E-state index in [1.807, 2.05) is 18.2 Å².